The molecule has 9 heteroatoms. The Kier molecular flexibility index (Phi) is 5.37. The molecule has 30 heavy (non-hydrogen) atoms. The Bertz CT molecular complexity index is 1290. The molecule has 0 unspecified atom stereocenters. The molecule has 1 amide bonds. The minimum absolute atomic E-state index is 0.231. The molecule has 0 radical (unpaired) electrons. The fourth-order valence-electron chi connectivity index (χ4n) is 3.06. The average molecular weight is 468 g/mol. The van der Waals surface area contributed by atoms with Crippen LogP contribution in [0.4, 0.5) is 5.69 Å². The van der Waals surface area contributed by atoms with Crippen molar-refractivity contribution >= 4 is 33.0 Å². The van der Waals surface area contributed by atoms with Gasteiger partial charge in [0.1, 0.15) is 24.1 Å². The predicted molar refractivity (Wildman–Crippen MR) is 117 cm³/mol. The zero-order valence-corrected chi connectivity index (χ0v) is 17.9. The lowest BCUT2D eigenvalue weighted by molar-refractivity contribution is -0.117. The average Bonchev–Trinajstić information content (AvgIpc) is 3.16. The first-order chi connectivity index (χ1) is 14.4. The molecule has 0 fully saturated rings. The maximum absolute atomic E-state index is 12.8. The number of anilines is 1. The minimum atomic E-state index is -0.403. The third-order valence-electron chi connectivity index (χ3n) is 4.55. The van der Waals surface area contributed by atoms with Gasteiger partial charge in [0, 0.05) is 10.0 Å². The molecule has 0 aliphatic rings. The molecular weight excluding hydrogens is 450 g/mol. The highest BCUT2D eigenvalue weighted by Crippen LogP contribution is 2.25. The number of ether oxygens (including phenoxy) is 1. The molecule has 0 bridgehead atoms. The molecule has 0 aliphatic heterocycles. The molecule has 0 saturated carbocycles. The first-order valence-electron chi connectivity index (χ1n) is 9.10. The summed E-state index contributed by atoms with van der Waals surface area (Å²) in [5.41, 5.74) is 2.97. The summed E-state index contributed by atoms with van der Waals surface area (Å²) >= 11 is 3.40. The van der Waals surface area contributed by atoms with E-state index >= 15 is 0 Å². The van der Waals surface area contributed by atoms with Gasteiger partial charge in [-0.3, -0.25) is 9.59 Å². The number of hydrogen-bond donors (Lipinski definition) is 1. The molecule has 0 saturated heterocycles. The van der Waals surface area contributed by atoms with Gasteiger partial charge in [-0.05, 0) is 42.8 Å². The number of nitrogens with one attached hydrogen (secondary N) is 1. The quantitative estimate of drug-likeness (QED) is 0.486. The standard InChI is InChI=1S/C21H18BrN5O3/c1-13-3-8-19(30-2)17(9-13)24-20(28)11-26-21(29)18-10-16(25-27(18)12-23-26)14-4-6-15(22)7-5-14/h3-10,12H,11H2,1-2H3,(H,24,28). The van der Waals surface area contributed by atoms with Gasteiger partial charge in [-0.2, -0.15) is 10.2 Å². The number of rotatable bonds is 5. The number of carbonyl (C=O) groups is 1. The van der Waals surface area contributed by atoms with Crippen molar-refractivity contribution in [2.45, 2.75) is 13.5 Å². The largest absolute Gasteiger partial charge is 0.495 e. The summed E-state index contributed by atoms with van der Waals surface area (Å²) in [5.74, 6) is 0.158. The van der Waals surface area contributed by atoms with Crippen molar-refractivity contribution in [2.75, 3.05) is 12.4 Å². The van der Waals surface area contributed by atoms with Crippen molar-refractivity contribution in [3.8, 4) is 17.0 Å². The van der Waals surface area contributed by atoms with Crippen molar-refractivity contribution in [3.63, 3.8) is 0 Å². The number of amides is 1. The maximum Gasteiger partial charge on any atom is 0.293 e. The number of halogens is 1. The predicted octanol–water partition coefficient (Wildman–Crippen LogP) is 3.28. The van der Waals surface area contributed by atoms with E-state index in [9.17, 15) is 9.59 Å². The fourth-order valence-corrected chi connectivity index (χ4v) is 3.32. The van der Waals surface area contributed by atoms with E-state index in [0.717, 1.165) is 20.3 Å². The summed E-state index contributed by atoms with van der Waals surface area (Å²) in [5, 5.41) is 11.2. The lowest BCUT2D eigenvalue weighted by Gasteiger charge is -2.11. The molecular formula is C21H18BrN5O3. The number of nitrogens with zero attached hydrogens (tertiary/aromatic N) is 4. The lowest BCUT2D eigenvalue weighted by Crippen LogP contribution is -2.30. The molecule has 1 N–H and O–H groups in total. The van der Waals surface area contributed by atoms with E-state index in [1.165, 1.54) is 18.0 Å². The van der Waals surface area contributed by atoms with Crippen LogP contribution in [0.5, 0.6) is 5.75 Å². The van der Waals surface area contributed by atoms with E-state index in [1.807, 2.05) is 37.3 Å². The van der Waals surface area contributed by atoms with E-state index in [0.29, 0.717) is 22.6 Å². The van der Waals surface area contributed by atoms with Crippen LogP contribution in [0, 0.1) is 6.92 Å². The summed E-state index contributed by atoms with van der Waals surface area (Å²) in [6.07, 6.45) is 1.42. The van der Waals surface area contributed by atoms with Crippen LogP contribution in [-0.2, 0) is 11.3 Å². The number of methoxy groups -OCH3 is 1. The van der Waals surface area contributed by atoms with Crippen LogP contribution in [-0.4, -0.2) is 32.4 Å². The number of fused-ring (bicyclic) bond motifs is 1. The van der Waals surface area contributed by atoms with Gasteiger partial charge in [0.2, 0.25) is 5.91 Å². The SMILES string of the molecule is COc1ccc(C)cc1NC(=O)Cn1ncn2nc(-c3ccc(Br)cc3)cc2c1=O. The van der Waals surface area contributed by atoms with E-state index in [1.54, 1.807) is 18.2 Å². The Hall–Kier alpha value is -3.46. The normalized spacial score (nSPS) is 10.9. The summed E-state index contributed by atoms with van der Waals surface area (Å²) < 4.78 is 8.75. The first-order valence-corrected chi connectivity index (χ1v) is 9.90. The Morgan fingerprint density at radius 2 is 1.93 bits per heavy atom. The van der Waals surface area contributed by atoms with Crippen molar-refractivity contribution in [2.24, 2.45) is 0 Å². The second-order valence-electron chi connectivity index (χ2n) is 6.71. The van der Waals surface area contributed by atoms with E-state index in [-0.39, 0.29) is 12.5 Å². The summed E-state index contributed by atoms with van der Waals surface area (Å²) in [4.78, 5) is 25.3. The zero-order valence-electron chi connectivity index (χ0n) is 16.3. The summed E-state index contributed by atoms with van der Waals surface area (Å²) in [6.45, 7) is 1.68. The van der Waals surface area contributed by atoms with Gasteiger partial charge in [0.25, 0.3) is 5.56 Å². The fraction of sp³-hybridized carbons (Fsp3) is 0.143. The Morgan fingerprint density at radius 1 is 1.17 bits per heavy atom. The number of aryl methyl sites for hydroxylation is 1. The highest BCUT2D eigenvalue weighted by molar-refractivity contribution is 9.10. The summed E-state index contributed by atoms with van der Waals surface area (Å²) in [6, 6.07) is 14.8. The first kappa shape index (κ1) is 19.8. The molecule has 4 aromatic rings. The second-order valence-corrected chi connectivity index (χ2v) is 7.63. The van der Waals surface area contributed by atoms with Gasteiger partial charge in [0.15, 0.2) is 0 Å². The van der Waals surface area contributed by atoms with Crippen molar-refractivity contribution in [1.82, 2.24) is 19.4 Å². The monoisotopic (exact) mass is 467 g/mol. The van der Waals surface area contributed by atoms with Crippen LogP contribution >= 0.6 is 15.9 Å². The molecule has 152 valence electrons. The Morgan fingerprint density at radius 3 is 2.67 bits per heavy atom. The van der Waals surface area contributed by atoms with Gasteiger partial charge in [0.05, 0.1) is 18.5 Å². The van der Waals surface area contributed by atoms with Crippen LogP contribution in [0.25, 0.3) is 16.8 Å². The van der Waals surface area contributed by atoms with Crippen LogP contribution in [0.15, 0.2) is 64.1 Å². The maximum atomic E-state index is 12.8. The Balaban J connectivity index is 1.60. The number of benzene rings is 2. The van der Waals surface area contributed by atoms with Crippen molar-refractivity contribution in [1.29, 1.82) is 0 Å². The number of hydrogen-bond acceptors (Lipinski definition) is 5. The van der Waals surface area contributed by atoms with Crippen molar-refractivity contribution < 1.29 is 9.53 Å². The number of aromatic nitrogens is 4. The summed E-state index contributed by atoms with van der Waals surface area (Å²) in [7, 11) is 1.53. The smallest absolute Gasteiger partial charge is 0.293 e. The third-order valence-corrected chi connectivity index (χ3v) is 5.08. The molecule has 4 rings (SSSR count). The minimum Gasteiger partial charge on any atom is -0.495 e. The third kappa shape index (κ3) is 3.97. The van der Waals surface area contributed by atoms with E-state index in [4.69, 9.17) is 4.74 Å². The van der Waals surface area contributed by atoms with E-state index < -0.39 is 5.56 Å². The Labute approximate surface area is 180 Å². The van der Waals surface area contributed by atoms with Gasteiger partial charge in [-0.15, -0.1) is 0 Å². The van der Waals surface area contributed by atoms with Crippen molar-refractivity contribution in [3.05, 3.63) is 75.2 Å². The molecule has 0 aliphatic carbocycles. The molecule has 2 aromatic heterocycles. The molecule has 0 atom stereocenters. The highest BCUT2D eigenvalue weighted by atomic mass is 79.9. The molecule has 0 spiro atoms. The van der Waals surface area contributed by atoms with Crippen LogP contribution < -0.4 is 15.6 Å². The van der Waals surface area contributed by atoms with Gasteiger partial charge >= 0.3 is 0 Å². The van der Waals surface area contributed by atoms with Crippen LogP contribution in [0.1, 0.15) is 5.56 Å². The molecule has 2 heterocycles. The molecule has 2 aromatic carbocycles. The van der Waals surface area contributed by atoms with Crippen LogP contribution in [0.3, 0.4) is 0 Å². The van der Waals surface area contributed by atoms with Crippen LogP contribution in [0.2, 0.25) is 0 Å². The topological polar surface area (TPSA) is 90.5 Å². The van der Waals surface area contributed by atoms with Gasteiger partial charge in [-0.25, -0.2) is 9.20 Å². The second kappa shape index (κ2) is 8.11. The number of carbonyl (C=O) groups excluding carboxylic acids is 1. The highest BCUT2D eigenvalue weighted by Gasteiger charge is 2.14. The van der Waals surface area contributed by atoms with Gasteiger partial charge in [-0.1, -0.05) is 34.1 Å². The van der Waals surface area contributed by atoms with E-state index in [2.05, 4.69) is 31.4 Å². The molecule has 8 nitrogen and oxygen atoms in total. The zero-order chi connectivity index (χ0) is 21.3. The lowest BCUT2D eigenvalue weighted by atomic mass is 10.1. The van der Waals surface area contributed by atoms with Gasteiger partial charge < -0.3 is 10.1 Å².